The third-order valence-corrected chi connectivity index (χ3v) is 4.45. The molecule has 0 spiro atoms. The van der Waals surface area contributed by atoms with Crippen LogP contribution in [0, 0.1) is 0 Å². The Bertz CT molecular complexity index is 789. The van der Waals surface area contributed by atoms with Crippen molar-refractivity contribution >= 4 is 29.2 Å². The molecule has 0 radical (unpaired) electrons. The molecule has 0 atom stereocenters. The van der Waals surface area contributed by atoms with Crippen molar-refractivity contribution in [3.63, 3.8) is 0 Å². The lowest BCUT2D eigenvalue weighted by Gasteiger charge is -2.25. The van der Waals surface area contributed by atoms with Crippen LogP contribution >= 0.6 is 0 Å². The van der Waals surface area contributed by atoms with Crippen LogP contribution in [0.3, 0.4) is 0 Å². The zero-order chi connectivity index (χ0) is 21.3. The summed E-state index contributed by atoms with van der Waals surface area (Å²) in [5.74, 6) is -1.35. The topological polar surface area (TPSA) is 81.8 Å². The maximum absolute atomic E-state index is 13.1. The summed E-state index contributed by atoms with van der Waals surface area (Å²) < 4.78 is 39.3. The molecule has 0 saturated carbocycles. The van der Waals surface area contributed by atoms with E-state index in [1.165, 1.54) is 19.9 Å². The Hall–Kier alpha value is -2.78. The van der Waals surface area contributed by atoms with Crippen LogP contribution in [0.5, 0.6) is 0 Å². The molecular formula is C18H23F3N4O3. The summed E-state index contributed by atoms with van der Waals surface area (Å²) in [6.45, 7) is 7.11. The number of alkyl halides is 3. The number of anilines is 2. The van der Waals surface area contributed by atoms with Gasteiger partial charge in [-0.2, -0.15) is 13.2 Å². The average molecular weight is 400 g/mol. The Morgan fingerprint density at radius 2 is 1.82 bits per heavy atom. The van der Waals surface area contributed by atoms with Gasteiger partial charge in [0.15, 0.2) is 0 Å². The maximum atomic E-state index is 13.1. The summed E-state index contributed by atoms with van der Waals surface area (Å²) >= 11 is 0. The van der Waals surface area contributed by atoms with Crippen LogP contribution < -0.4 is 15.5 Å². The van der Waals surface area contributed by atoms with Gasteiger partial charge in [0.05, 0.1) is 16.9 Å². The van der Waals surface area contributed by atoms with Crippen LogP contribution in [-0.4, -0.2) is 47.9 Å². The molecule has 28 heavy (non-hydrogen) atoms. The summed E-state index contributed by atoms with van der Waals surface area (Å²) in [5, 5.41) is 4.85. The molecule has 0 aromatic heterocycles. The van der Waals surface area contributed by atoms with E-state index in [-0.39, 0.29) is 5.69 Å². The Kier molecular flexibility index (Phi) is 5.91. The highest BCUT2D eigenvalue weighted by molar-refractivity contribution is 6.10. The Labute approximate surface area is 160 Å². The molecular weight excluding hydrogens is 377 g/mol. The van der Waals surface area contributed by atoms with Gasteiger partial charge in [0, 0.05) is 13.1 Å². The number of amides is 4. The van der Waals surface area contributed by atoms with Crippen LogP contribution in [0.25, 0.3) is 0 Å². The van der Waals surface area contributed by atoms with Gasteiger partial charge in [-0.15, -0.1) is 0 Å². The number of carbonyl (C=O) groups excluding carboxylic acids is 3. The zero-order valence-corrected chi connectivity index (χ0v) is 16.1. The molecule has 2 rings (SSSR count). The first-order valence-electron chi connectivity index (χ1n) is 8.80. The van der Waals surface area contributed by atoms with Crippen LogP contribution in [0.15, 0.2) is 18.2 Å². The van der Waals surface area contributed by atoms with Crippen LogP contribution in [0.2, 0.25) is 0 Å². The quantitative estimate of drug-likeness (QED) is 0.720. The van der Waals surface area contributed by atoms with Crippen molar-refractivity contribution in [3.8, 4) is 0 Å². The van der Waals surface area contributed by atoms with Gasteiger partial charge >= 0.3 is 12.2 Å². The number of rotatable bonds is 6. The average Bonchev–Trinajstić information content (AvgIpc) is 2.78. The van der Waals surface area contributed by atoms with Crippen molar-refractivity contribution in [1.29, 1.82) is 0 Å². The van der Waals surface area contributed by atoms with Crippen molar-refractivity contribution in [2.24, 2.45) is 0 Å². The summed E-state index contributed by atoms with van der Waals surface area (Å²) in [7, 11) is 0. The second kappa shape index (κ2) is 7.69. The van der Waals surface area contributed by atoms with E-state index in [1.807, 2.05) is 13.8 Å². The molecule has 1 aliphatic rings. The molecule has 4 amide bonds. The molecule has 1 heterocycles. The molecule has 1 aliphatic heterocycles. The van der Waals surface area contributed by atoms with E-state index in [0.29, 0.717) is 18.8 Å². The summed E-state index contributed by atoms with van der Waals surface area (Å²) in [4.78, 5) is 39.0. The predicted molar refractivity (Wildman–Crippen MR) is 98.0 cm³/mol. The highest BCUT2D eigenvalue weighted by Crippen LogP contribution is 2.35. The van der Waals surface area contributed by atoms with Crippen molar-refractivity contribution < 1.29 is 27.6 Å². The van der Waals surface area contributed by atoms with E-state index in [2.05, 4.69) is 10.6 Å². The Balaban J connectivity index is 2.29. The smallest absolute Gasteiger partial charge is 0.370 e. The van der Waals surface area contributed by atoms with Crippen molar-refractivity contribution in [3.05, 3.63) is 23.8 Å². The van der Waals surface area contributed by atoms with Crippen molar-refractivity contribution in [2.75, 3.05) is 29.9 Å². The number of hydrogen-bond donors (Lipinski definition) is 2. The normalized spacial score (nSPS) is 16.2. The third kappa shape index (κ3) is 4.37. The monoisotopic (exact) mass is 400 g/mol. The minimum absolute atomic E-state index is 0.0326. The van der Waals surface area contributed by atoms with Crippen LogP contribution in [0.1, 0.15) is 33.3 Å². The molecule has 0 bridgehead atoms. The minimum atomic E-state index is -4.57. The third-order valence-electron chi connectivity index (χ3n) is 4.45. The molecule has 1 fully saturated rings. The molecule has 0 unspecified atom stereocenters. The SMILES string of the molecule is CCN(CC)c1ccc(C(F)(F)F)cc1NC(=O)CN1C(=O)NC(C)(C)C1=O. The molecule has 7 nitrogen and oxygen atoms in total. The number of halogens is 3. The molecule has 1 aromatic carbocycles. The number of carbonyl (C=O) groups is 3. The fraction of sp³-hybridized carbons (Fsp3) is 0.500. The van der Waals surface area contributed by atoms with Crippen LogP contribution in [0.4, 0.5) is 29.3 Å². The van der Waals surface area contributed by atoms with Crippen molar-refractivity contribution in [1.82, 2.24) is 10.2 Å². The molecule has 1 saturated heterocycles. The van der Waals surface area contributed by atoms with Crippen molar-refractivity contribution in [2.45, 2.75) is 39.4 Å². The first-order chi connectivity index (χ1) is 12.9. The molecule has 154 valence electrons. The van der Waals surface area contributed by atoms with Gasteiger partial charge in [-0.25, -0.2) is 4.79 Å². The lowest BCUT2D eigenvalue weighted by Crippen LogP contribution is -2.41. The molecule has 10 heteroatoms. The molecule has 0 aliphatic carbocycles. The number of nitrogens with one attached hydrogen (secondary N) is 2. The van der Waals surface area contributed by atoms with Crippen LogP contribution in [-0.2, 0) is 15.8 Å². The predicted octanol–water partition coefficient (Wildman–Crippen LogP) is 2.82. The Morgan fingerprint density at radius 1 is 1.21 bits per heavy atom. The number of imide groups is 1. The lowest BCUT2D eigenvalue weighted by atomic mass is 10.1. The Morgan fingerprint density at radius 3 is 2.29 bits per heavy atom. The first-order valence-corrected chi connectivity index (χ1v) is 8.80. The van der Waals surface area contributed by atoms with Gasteiger partial charge < -0.3 is 15.5 Å². The first kappa shape index (κ1) is 21.5. The maximum Gasteiger partial charge on any atom is 0.416 e. The summed E-state index contributed by atoms with van der Waals surface area (Å²) in [6.07, 6.45) is -4.57. The highest BCUT2D eigenvalue weighted by Gasteiger charge is 2.45. The number of nitrogens with zero attached hydrogens (tertiary/aromatic N) is 2. The summed E-state index contributed by atoms with van der Waals surface area (Å²) in [5.41, 5.74) is -1.66. The zero-order valence-electron chi connectivity index (χ0n) is 16.1. The second-order valence-corrected chi connectivity index (χ2v) is 6.90. The van der Waals surface area contributed by atoms with E-state index < -0.39 is 41.7 Å². The van der Waals surface area contributed by atoms with Gasteiger partial charge in [0.2, 0.25) is 5.91 Å². The van der Waals surface area contributed by atoms with Gasteiger partial charge in [0.1, 0.15) is 12.1 Å². The van der Waals surface area contributed by atoms with E-state index in [4.69, 9.17) is 0 Å². The largest absolute Gasteiger partial charge is 0.416 e. The minimum Gasteiger partial charge on any atom is -0.370 e. The fourth-order valence-electron chi connectivity index (χ4n) is 2.95. The van der Waals surface area contributed by atoms with E-state index in [1.54, 1.807) is 4.90 Å². The highest BCUT2D eigenvalue weighted by atomic mass is 19.4. The standard InChI is InChI=1S/C18H23F3N4O3/c1-5-24(6-2)13-8-7-11(18(19,20)21)9-12(13)22-14(26)10-25-15(27)17(3,4)23-16(25)28/h7-9H,5-6,10H2,1-4H3,(H,22,26)(H,23,28). The summed E-state index contributed by atoms with van der Waals surface area (Å²) in [6, 6.07) is 2.37. The van der Waals surface area contributed by atoms with Gasteiger partial charge in [-0.3, -0.25) is 14.5 Å². The number of benzene rings is 1. The molecule has 2 N–H and O–H groups in total. The van der Waals surface area contributed by atoms with E-state index in [9.17, 15) is 27.6 Å². The van der Waals surface area contributed by atoms with E-state index >= 15 is 0 Å². The van der Waals surface area contributed by atoms with E-state index in [0.717, 1.165) is 17.0 Å². The number of hydrogen-bond acceptors (Lipinski definition) is 4. The van der Waals surface area contributed by atoms with Gasteiger partial charge in [-0.05, 0) is 45.9 Å². The second-order valence-electron chi connectivity index (χ2n) is 6.90. The lowest BCUT2D eigenvalue weighted by molar-refractivity contribution is -0.137. The fourth-order valence-corrected chi connectivity index (χ4v) is 2.95. The van der Waals surface area contributed by atoms with Gasteiger partial charge in [0.25, 0.3) is 5.91 Å². The van der Waals surface area contributed by atoms with Gasteiger partial charge in [-0.1, -0.05) is 0 Å². The number of urea groups is 1. The molecule has 1 aromatic rings.